The molecule has 0 saturated carbocycles. The molecule has 1 unspecified atom stereocenters. The van der Waals surface area contributed by atoms with Gasteiger partial charge < -0.3 is 15.2 Å². The van der Waals surface area contributed by atoms with Gasteiger partial charge in [-0.2, -0.15) is 26.3 Å². The van der Waals surface area contributed by atoms with E-state index in [2.05, 4.69) is 5.32 Å². The molecule has 0 aromatic heterocycles. The third-order valence-corrected chi connectivity index (χ3v) is 5.74. The number of ether oxygens (including phenoxy) is 1. The summed E-state index contributed by atoms with van der Waals surface area (Å²) in [5, 5.41) is 13.8. The van der Waals surface area contributed by atoms with Crippen LogP contribution in [0, 0.1) is 5.92 Å². The van der Waals surface area contributed by atoms with Crippen molar-refractivity contribution in [2.75, 3.05) is 19.7 Å². The van der Waals surface area contributed by atoms with Gasteiger partial charge in [0, 0.05) is 5.56 Å². The lowest BCUT2D eigenvalue weighted by Gasteiger charge is -2.33. The van der Waals surface area contributed by atoms with E-state index in [0.29, 0.717) is 12.1 Å². The molecule has 2 aromatic rings. The molecule has 9 heteroatoms. The van der Waals surface area contributed by atoms with Crippen molar-refractivity contribution in [3.05, 3.63) is 59.2 Å². The fourth-order valence-corrected chi connectivity index (χ4v) is 4.17. The fraction of sp³-hybridized carbons (Fsp3) is 0.500. The Morgan fingerprint density at radius 1 is 0.939 bits per heavy atom. The molecule has 3 nitrogen and oxygen atoms in total. The SMILES string of the molecule is CC(C)(O)C(OCC1CCNCC1)c1cc(C(F)(F)F)c(-c2ccccc2)c(C(F)(F)F)c1. The summed E-state index contributed by atoms with van der Waals surface area (Å²) in [5.74, 6) is 0.101. The highest BCUT2D eigenvalue weighted by Crippen LogP contribution is 2.47. The molecule has 182 valence electrons. The minimum absolute atomic E-state index is 0.101. The first-order valence-corrected chi connectivity index (χ1v) is 10.7. The van der Waals surface area contributed by atoms with Crippen molar-refractivity contribution in [2.24, 2.45) is 5.92 Å². The predicted molar refractivity (Wildman–Crippen MR) is 112 cm³/mol. The van der Waals surface area contributed by atoms with Crippen LogP contribution >= 0.6 is 0 Å². The van der Waals surface area contributed by atoms with Crippen molar-refractivity contribution >= 4 is 0 Å². The molecule has 1 aliphatic heterocycles. The predicted octanol–water partition coefficient (Wildman–Crippen LogP) is 6.22. The normalized spacial score (nSPS) is 17.2. The lowest BCUT2D eigenvalue weighted by atomic mass is 9.86. The number of nitrogens with one attached hydrogen (secondary N) is 1. The summed E-state index contributed by atoms with van der Waals surface area (Å²) in [5.41, 5.74) is -6.05. The lowest BCUT2D eigenvalue weighted by molar-refractivity contribution is -0.143. The fourth-order valence-electron chi connectivity index (χ4n) is 4.17. The van der Waals surface area contributed by atoms with Crippen molar-refractivity contribution in [1.29, 1.82) is 0 Å². The van der Waals surface area contributed by atoms with Gasteiger partial charge in [-0.3, -0.25) is 0 Å². The van der Waals surface area contributed by atoms with Gasteiger partial charge in [0.15, 0.2) is 0 Å². The van der Waals surface area contributed by atoms with Gasteiger partial charge in [-0.1, -0.05) is 30.3 Å². The highest BCUT2D eigenvalue weighted by atomic mass is 19.4. The van der Waals surface area contributed by atoms with Gasteiger partial charge in [0.25, 0.3) is 0 Å². The summed E-state index contributed by atoms with van der Waals surface area (Å²) in [6, 6.07) is 8.03. The Bertz CT molecular complexity index is 894. The maximum absolute atomic E-state index is 14.0. The van der Waals surface area contributed by atoms with Crippen LogP contribution in [0.15, 0.2) is 42.5 Å². The van der Waals surface area contributed by atoms with E-state index in [4.69, 9.17) is 4.74 Å². The highest BCUT2D eigenvalue weighted by molar-refractivity contribution is 5.73. The second-order valence-corrected chi connectivity index (χ2v) is 8.91. The summed E-state index contributed by atoms with van der Waals surface area (Å²) in [4.78, 5) is 0. The number of benzene rings is 2. The van der Waals surface area contributed by atoms with E-state index in [1.54, 1.807) is 0 Å². The third kappa shape index (κ3) is 6.28. The van der Waals surface area contributed by atoms with Crippen LogP contribution in [0.4, 0.5) is 26.3 Å². The molecule has 0 amide bonds. The van der Waals surface area contributed by atoms with E-state index in [9.17, 15) is 31.4 Å². The quantitative estimate of drug-likeness (QED) is 0.488. The van der Waals surface area contributed by atoms with Crippen molar-refractivity contribution < 1.29 is 36.2 Å². The number of rotatable bonds is 6. The average Bonchev–Trinajstić information content (AvgIpc) is 2.72. The molecule has 0 spiro atoms. The van der Waals surface area contributed by atoms with Crippen LogP contribution in [0.1, 0.15) is 49.5 Å². The minimum atomic E-state index is -5.06. The first-order valence-electron chi connectivity index (χ1n) is 10.7. The lowest BCUT2D eigenvalue weighted by Crippen LogP contribution is -2.35. The molecule has 0 aliphatic carbocycles. The Kier molecular flexibility index (Phi) is 7.45. The van der Waals surface area contributed by atoms with Gasteiger partial charge in [-0.05, 0) is 69.0 Å². The number of hydrogen-bond acceptors (Lipinski definition) is 3. The molecule has 1 aliphatic rings. The molecular weight excluding hydrogens is 448 g/mol. The number of alkyl halides is 6. The summed E-state index contributed by atoms with van der Waals surface area (Å²) in [6.45, 7) is 4.25. The Hall–Kier alpha value is -2.10. The molecule has 1 heterocycles. The Labute approximate surface area is 188 Å². The zero-order valence-electron chi connectivity index (χ0n) is 18.4. The van der Waals surface area contributed by atoms with Crippen LogP contribution in [0.2, 0.25) is 0 Å². The summed E-state index contributed by atoms with van der Waals surface area (Å²) in [6.07, 6.45) is -9.94. The summed E-state index contributed by atoms with van der Waals surface area (Å²) < 4.78 is 90.0. The zero-order chi connectivity index (χ0) is 24.4. The van der Waals surface area contributed by atoms with Crippen molar-refractivity contribution in [2.45, 2.75) is 50.7 Å². The maximum atomic E-state index is 14.0. The first-order chi connectivity index (χ1) is 15.3. The molecule has 1 fully saturated rings. The van der Waals surface area contributed by atoms with Gasteiger partial charge in [0.05, 0.1) is 23.3 Å². The summed E-state index contributed by atoms with van der Waals surface area (Å²) in [7, 11) is 0. The minimum Gasteiger partial charge on any atom is -0.387 e. The van der Waals surface area contributed by atoms with Gasteiger partial charge in [0.1, 0.15) is 6.10 Å². The smallest absolute Gasteiger partial charge is 0.387 e. The van der Waals surface area contributed by atoms with E-state index < -0.39 is 40.7 Å². The Morgan fingerprint density at radius 3 is 1.91 bits per heavy atom. The van der Waals surface area contributed by atoms with Crippen molar-refractivity contribution in [3.8, 4) is 11.1 Å². The molecule has 0 bridgehead atoms. The summed E-state index contributed by atoms with van der Waals surface area (Å²) >= 11 is 0. The van der Waals surface area contributed by atoms with Crippen LogP contribution in [-0.4, -0.2) is 30.4 Å². The van der Waals surface area contributed by atoms with Gasteiger partial charge in [-0.15, -0.1) is 0 Å². The molecule has 1 atom stereocenters. The second kappa shape index (κ2) is 9.64. The Morgan fingerprint density at radius 2 is 1.45 bits per heavy atom. The highest BCUT2D eigenvalue weighted by Gasteiger charge is 2.43. The first kappa shape index (κ1) is 25.5. The van der Waals surface area contributed by atoms with E-state index in [-0.39, 0.29) is 23.7 Å². The van der Waals surface area contributed by atoms with Crippen LogP contribution in [0.5, 0.6) is 0 Å². The van der Waals surface area contributed by atoms with Crippen LogP contribution < -0.4 is 5.32 Å². The van der Waals surface area contributed by atoms with Crippen molar-refractivity contribution in [3.63, 3.8) is 0 Å². The number of piperidine rings is 1. The molecule has 0 radical (unpaired) electrons. The average molecular weight is 475 g/mol. The van der Waals surface area contributed by atoms with Gasteiger partial charge in [-0.25, -0.2) is 0 Å². The number of hydrogen-bond donors (Lipinski definition) is 2. The van der Waals surface area contributed by atoms with E-state index in [1.807, 2.05) is 0 Å². The van der Waals surface area contributed by atoms with Gasteiger partial charge >= 0.3 is 12.4 Å². The van der Waals surface area contributed by atoms with Crippen molar-refractivity contribution in [1.82, 2.24) is 5.32 Å². The molecule has 33 heavy (non-hydrogen) atoms. The Balaban J connectivity index is 2.15. The van der Waals surface area contributed by atoms with E-state index in [1.165, 1.54) is 44.2 Å². The molecule has 3 rings (SSSR count). The number of aliphatic hydroxyl groups is 1. The van der Waals surface area contributed by atoms with Gasteiger partial charge in [0.2, 0.25) is 0 Å². The number of halogens is 6. The molecule has 2 N–H and O–H groups in total. The maximum Gasteiger partial charge on any atom is 0.417 e. The largest absolute Gasteiger partial charge is 0.417 e. The van der Waals surface area contributed by atoms with E-state index >= 15 is 0 Å². The molecule has 1 saturated heterocycles. The molecular formula is C24H27F6NO2. The second-order valence-electron chi connectivity index (χ2n) is 8.91. The van der Waals surface area contributed by atoms with Crippen LogP contribution in [0.3, 0.4) is 0 Å². The van der Waals surface area contributed by atoms with Crippen LogP contribution in [-0.2, 0) is 17.1 Å². The zero-order valence-corrected chi connectivity index (χ0v) is 18.4. The topological polar surface area (TPSA) is 41.5 Å². The third-order valence-electron chi connectivity index (χ3n) is 5.74. The monoisotopic (exact) mass is 475 g/mol. The van der Waals surface area contributed by atoms with Crippen LogP contribution in [0.25, 0.3) is 11.1 Å². The standard InChI is InChI=1S/C24H27F6NO2/c1-22(2,32)21(33-14-15-8-10-31-11-9-15)17-12-18(23(25,26)27)20(16-6-4-3-5-7-16)19(13-17)24(28,29)30/h3-7,12-13,15,21,31-32H,8-11,14H2,1-2H3. The van der Waals surface area contributed by atoms with E-state index in [0.717, 1.165) is 25.9 Å². The molecule has 2 aromatic carbocycles.